The Labute approximate surface area is 181 Å². The van der Waals surface area contributed by atoms with Gasteiger partial charge in [0.15, 0.2) is 0 Å². The SMILES string of the molecule is C[C@H]1CCc2c(ccc(-c3cnn([C@H]4CCNC[C@H]4F)c3)c2OC2CCC2)N1C(=O)O. The average Bonchev–Trinajstić information content (AvgIpc) is 3.20. The molecule has 0 unspecified atom stereocenters. The van der Waals surface area contributed by atoms with Gasteiger partial charge in [-0.1, -0.05) is 0 Å². The quantitative estimate of drug-likeness (QED) is 0.764. The number of rotatable bonds is 4. The first-order valence-electron chi connectivity index (χ1n) is 11.3. The lowest BCUT2D eigenvalue weighted by atomic mass is 9.91. The molecule has 3 heterocycles. The summed E-state index contributed by atoms with van der Waals surface area (Å²) in [6.07, 6.45) is 7.32. The van der Waals surface area contributed by atoms with Crippen molar-refractivity contribution in [3.63, 3.8) is 0 Å². The minimum atomic E-state index is -0.971. The summed E-state index contributed by atoms with van der Waals surface area (Å²) in [5, 5.41) is 17.3. The molecule has 0 spiro atoms. The molecule has 5 rings (SSSR count). The third-order valence-electron chi connectivity index (χ3n) is 6.92. The number of nitrogens with zero attached hydrogens (tertiary/aromatic N) is 3. The van der Waals surface area contributed by atoms with E-state index in [0.717, 1.165) is 61.1 Å². The van der Waals surface area contributed by atoms with Gasteiger partial charge < -0.3 is 15.2 Å². The van der Waals surface area contributed by atoms with Crippen LogP contribution in [0.3, 0.4) is 0 Å². The highest BCUT2D eigenvalue weighted by molar-refractivity contribution is 5.91. The van der Waals surface area contributed by atoms with E-state index in [1.54, 1.807) is 10.9 Å². The summed E-state index contributed by atoms with van der Waals surface area (Å²) in [5.41, 5.74) is 3.44. The van der Waals surface area contributed by atoms with Gasteiger partial charge in [0.25, 0.3) is 0 Å². The van der Waals surface area contributed by atoms with Gasteiger partial charge in [0.2, 0.25) is 0 Å². The summed E-state index contributed by atoms with van der Waals surface area (Å²) in [4.78, 5) is 13.4. The van der Waals surface area contributed by atoms with Gasteiger partial charge in [0.1, 0.15) is 11.9 Å². The molecule has 2 aliphatic heterocycles. The van der Waals surface area contributed by atoms with Crippen LogP contribution in [-0.4, -0.2) is 52.4 Å². The van der Waals surface area contributed by atoms with E-state index in [0.29, 0.717) is 18.7 Å². The van der Waals surface area contributed by atoms with Gasteiger partial charge >= 0.3 is 6.09 Å². The molecular formula is C23H29FN4O3. The van der Waals surface area contributed by atoms with Crippen molar-refractivity contribution in [1.29, 1.82) is 0 Å². The van der Waals surface area contributed by atoms with Gasteiger partial charge in [0, 0.05) is 35.5 Å². The first kappa shape index (κ1) is 20.3. The van der Waals surface area contributed by atoms with Gasteiger partial charge in [-0.15, -0.1) is 0 Å². The normalized spacial score (nSPS) is 26.3. The van der Waals surface area contributed by atoms with Crippen molar-refractivity contribution in [2.45, 2.75) is 69.8 Å². The number of benzene rings is 1. The molecule has 0 radical (unpaired) electrons. The number of fused-ring (bicyclic) bond motifs is 1. The fraction of sp³-hybridized carbons (Fsp3) is 0.565. The second kappa shape index (κ2) is 8.15. The molecule has 1 saturated carbocycles. The largest absolute Gasteiger partial charge is 0.489 e. The van der Waals surface area contributed by atoms with E-state index in [1.807, 2.05) is 25.3 Å². The number of amides is 1. The number of hydrogen-bond acceptors (Lipinski definition) is 4. The average molecular weight is 429 g/mol. The van der Waals surface area contributed by atoms with Crippen LogP contribution in [0.25, 0.3) is 11.1 Å². The second-order valence-corrected chi connectivity index (χ2v) is 8.94. The van der Waals surface area contributed by atoms with E-state index in [2.05, 4.69) is 10.4 Å². The number of aromatic nitrogens is 2. The van der Waals surface area contributed by atoms with E-state index < -0.39 is 12.3 Å². The Hall–Kier alpha value is -2.61. The van der Waals surface area contributed by atoms with Crippen molar-refractivity contribution >= 4 is 11.8 Å². The fourth-order valence-electron chi connectivity index (χ4n) is 4.88. The van der Waals surface area contributed by atoms with Crippen LogP contribution in [0.1, 0.15) is 50.6 Å². The first-order chi connectivity index (χ1) is 15.0. The molecular weight excluding hydrogens is 399 g/mol. The predicted octanol–water partition coefficient (Wildman–Crippen LogP) is 4.17. The lowest BCUT2D eigenvalue weighted by Crippen LogP contribution is -2.41. The number of hydrogen-bond donors (Lipinski definition) is 2. The molecule has 1 aliphatic carbocycles. The fourth-order valence-corrected chi connectivity index (χ4v) is 4.88. The van der Waals surface area contributed by atoms with Crippen molar-refractivity contribution in [3.8, 4) is 16.9 Å². The number of carbonyl (C=O) groups is 1. The molecule has 1 aromatic heterocycles. The summed E-state index contributed by atoms with van der Waals surface area (Å²) in [5.74, 6) is 0.766. The number of piperidine rings is 1. The highest BCUT2D eigenvalue weighted by atomic mass is 19.1. The first-order valence-corrected chi connectivity index (χ1v) is 11.3. The van der Waals surface area contributed by atoms with Gasteiger partial charge in [-0.2, -0.15) is 5.10 Å². The molecule has 2 N–H and O–H groups in total. The molecule has 1 saturated heterocycles. The van der Waals surface area contributed by atoms with Crippen LogP contribution in [0.15, 0.2) is 24.5 Å². The number of nitrogens with one attached hydrogen (secondary N) is 1. The molecule has 2 aromatic rings. The number of ether oxygens (including phenoxy) is 1. The lowest BCUT2D eigenvalue weighted by Gasteiger charge is -2.36. The summed E-state index contributed by atoms with van der Waals surface area (Å²) < 4.78 is 22.6. The minimum absolute atomic E-state index is 0.0726. The molecule has 7 nitrogen and oxygen atoms in total. The van der Waals surface area contributed by atoms with Gasteiger partial charge in [-0.05, 0) is 64.1 Å². The Bertz CT molecular complexity index is 974. The standard InChI is InChI=1S/C23H29FN4O3/c1-14-5-6-18-20(28(14)23(29)30)8-7-17(22(18)31-16-3-2-4-16)15-11-26-27(13-15)21-9-10-25-12-19(21)24/h7-8,11,13-14,16,19,21,25H,2-6,9-10,12H2,1H3,(H,29,30)/t14-,19+,21-/m0/s1. The van der Waals surface area contributed by atoms with Crippen molar-refractivity contribution < 1.29 is 19.0 Å². The van der Waals surface area contributed by atoms with Crippen LogP contribution in [-0.2, 0) is 6.42 Å². The summed E-state index contributed by atoms with van der Waals surface area (Å²) in [6, 6.07) is 3.46. The maximum absolute atomic E-state index is 14.4. The topological polar surface area (TPSA) is 79.6 Å². The van der Waals surface area contributed by atoms with Crippen molar-refractivity contribution in [2.75, 3.05) is 18.0 Å². The zero-order valence-electron chi connectivity index (χ0n) is 17.8. The van der Waals surface area contributed by atoms with Crippen LogP contribution in [0.4, 0.5) is 14.9 Å². The lowest BCUT2D eigenvalue weighted by molar-refractivity contribution is 0.119. The molecule has 31 heavy (non-hydrogen) atoms. The predicted molar refractivity (Wildman–Crippen MR) is 116 cm³/mol. The molecule has 8 heteroatoms. The second-order valence-electron chi connectivity index (χ2n) is 8.94. The van der Waals surface area contributed by atoms with Gasteiger partial charge in [-0.3, -0.25) is 9.58 Å². The molecule has 3 aliphatic rings. The highest BCUT2D eigenvalue weighted by Gasteiger charge is 2.33. The molecule has 2 fully saturated rings. The van der Waals surface area contributed by atoms with Crippen LogP contribution < -0.4 is 15.0 Å². The van der Waals surface area contributed by atoms with Gasteiger partial charge in [0.05, 0.1) is 24.0 Å². The third kappa shape index (κ3) is 3.67. The van der Waals surface area contributed by atoms with E-state index in [1.165, 1.54) is 4.90 Å². The van der Waals surface area contributed by atoms with Gasteiger partial charge in [-0.25, -0.2) is 9.18 Å². The van der Waals surface area contributed by atoms with Crippen LogP contribution >= 0.6 is 0 Å². The van der Waals surface area contributed by atoms with Crippen molar-refractivity contribution in [1.82, 2.24) is 15.1 Å². The molecule has 1 amide bonds. The summed E-state index contributed by atoms with van der Waals surface area (Å²) in [7, 11) is 0. The van der Waals surface area contributed by atoms with Crippen molar-refractivity contribution in [2.24, 2.45) is 0 Å². The number of halogens is 1. The van der Waals surface area contributed by atoms with E-state index in [9.17, 15) is 14.3 Å². The molecule has 166 valence electrons. The zero-order valence-corrected chi connectivity index (χ0v) is 17.8. The Morgan fingerprint density at radius 3 is 2.84 bits per heavy atom. The van der Waals surface area contributed by atoms with E-state index in [4.69, 9.17) is 4.74 Å². The molecule has 1 aromatic carbocycles. The third-order valence-corrected chi connectivity index (χ3v) is 6.92. The Morgan fingerprint density at radius 2 is 2.13 bits per heavy atom. The Morgan fingerprint density at radius 1 is 1.29 bits per heavy atom. The van der Waals surface area contributed by atoms with E-state index >= 15 is 0 Å². The monoisotopic (exact) mass is 428 g/mol. The Kier molecular flexibility index (Phi) is 5.33. The van der Waals surface area contributed by atoms with Crippen LogP contribution in [0.2, 0.25) is 0 Å². The number of anilines is 1. The van der Waals surface area contributed by atoms with Crippen molar-refractivity contribution in [3.05, 3.63) is 30.1 Å². The molecule has 0 bridgehead atoms. The smallest absolute Gasteiger partial charge is 0.412 e. The maximum atomic E-state index is 14.4. The molecule has 3 atom stereocenters. The minimum Gasteiger partial charge on any atom is -0.489 e. The zero-order chi connectivity index (χ0) is 21.5. The summed E-state index contributed by atoms with van der Waals surface area (Å²) in [6.45, 7) is 3.06. The number of carboxylic acid groups (broad SMARTS) is 1. The van der Waals surface area contributed by atoms with E-state index in [-0.39, 0.29) is 18.2 Å². The Balaban J connectivity index is 1.55. The summed E-state index contributed by atoms with van der Waals surface area (Å²) >= 11 is 0. The van der Waals surface area contributed by atoms with Crippen LogP contribution in [0.5, 0.6) is 5.75 Å². The number of alkyl halides is 1. The highest BCUT2D eigenvalue weighted by Crippen LogP contribution is 2.44. The van der Waals surface area contributed by atoms with Crippen LogP contribution in [0, 0.1) is 0 Å². The maximum Gasteiger partial charge on any atom is 0.412 e.